The summed E-state index contributed by atoms with van der Waals surface area (Å²) in [7, 11) is 1.62. The number of aryl methyl sites for hydroxylation is 3. The molecule has 0 saturated carbocycles. The molecule has 2 aromatic carbocycles. The van der Waals surface area contributed by atoms with Crippen molar-refractivity contribution in [2.24, 2.45) is 7.05 Å². The Morgan fingerprint density at radius 3 is 2.54 bits per heavy atom. The van der Waals surface area contributed by atoms with E-state index >= 15 is 0 Å². The number of H-pyrrole nitrogens is 1. The van der Waals surface area contributed by atoms with Gasteiger partial charge in [0.25, 0.3) is 5.91 Å². The number of anilines is 1. The van der Waals surface area contributed by atoms with Crippen molar-refractivity contribution in [2.75, 3.05) is 5.32 Å². The second-order valence-electron chi connectivity index (χ2n) is 9.27. The van der Waals surface area contributed by atoms with Crippen molar-refractivity contribution in [3.63, 3.8) is 0 Å². The minimum atomic E-state index is -1.07. The van der Waals surface area contributed by atoms with Crippen LogP contribution in [0.2, 0.25) is 0 Å². The molecular formula is C27H26F2N6O2. The summed E-state index contributed by atoms with van der Waals surface area (Å²) in [6.07, 6.45) is 2.21. The first-order valence-corrected chi connectivity index (χ1v) is 11.9. The van der Waals surface area contributed by atoms with Crippen molar-refractivity contribution in [2.45, 2.75) is 38.6 Å². The molecule has 8 nitrogen and oxygen atoms in total. The lowest BCUT2D eigenvalue weighted by Gasteiger charge is -2.25. The lowest BCUT2D eigenvalue weighted by Crippen LogP contribution is -2.47. The van der Waals surface area contributed by atoms with E-state index in [2.05, 4.69) is 25.9 Å². The zero-order valence-corrected chi connectivity index (χ0v) is 20.6. The van der Waals surface area contributed by atoms with E-state index in [1.54, 1.807) is 19.2 Å². The number of rotatable bonds is 6. The fourth-order valence-corrected chi connectivity index (χ4v) is 5.10. The van der Waals surface area contributed by atoms with Crippen LogP contribution in [-0.2, 0) is 18.3 Å². The number of carbonyl (C=O) groups excluding carboxylic acids is 2. The molecule has 2 atom stereocenters. The van der Waals surface area contributed by atoms with E-state index in [0.717, 1.165) is 28.6 Å². The Bertz CT molecular complexity index is 1470. The maximum atomic E-state index is 14.4. The van der Waals surface area contributed by atoms with Gasteiger partial charge in [-0.2, -0.15) is 10.2 Å². The number of halogens is 2. The summed E-state index contributed by atoms with van der Waals surface area (Å²) in [4.78, 5) is 26.6. The molecule has 5 rings (SSSR count). The van der Waals surface area contributed by atoms with Crippen LogP contribution in [0.3, 0.4) is 0 Å². The molecule has 2 heterocycles. The smallest absolute Gasteiger partial charge is 0.270 e. The molecule has 10 heteroatoms. The van der Waals surface area contributed by atoms with Crippen molar-refractivity contribution in [3.8, 4) is 11.1 Å². The van der Waals surface area contributed by atoms with Crippen LogP contribution in [0.5, 0.6) is 0 Å². The Morgan fingerprint density at radius 1 is 1.14 bits per heavy atom. The highest BCUT2D eigenvalue weighted by atomic mass is 19.1. The van der Waals surface area contributed by atoms with Crippen LogP contribution in [0.15, 0.2) is 48.7 Å². The third-order valence-corrected chi connectivity index (χ3v) is 6.89. The molecule has 190 valence electrons. The molecule has 0 bridgehead atoms. The van der Waals surface area contributed by atoms with Gasteiger partial charge in [-0.25, -0.2) is 8.78 Å². The van der Waals surface area contributed by atoms with Gasteiger partial charge in [-0.3, -0.25) is 19.4 Å². The molecule has 0 fully saturated rings. The van der Waals surface area contributed by atoms with E-state index in [-0.39, 0.29) is 5.69 Å². The van der Waals surface area contributed by atoms with E-state index in [1.807, 2.05) is 26.0 Å². The lowest BCUT2D eigenvalue weighted by molar-refractivity contribution is -0.118. The van der Waals surface area contributed by atoms with Gasteiger partial charge in [0.05, 0.1) is 5.69 Å². The first kappa shape index (κ1) is 24.4. The van der Waals surface area contributed by atoms with E-state index in [4.69, 9.17) is 0 Å². The molecule has 0 unspecified atom stereocenters. The summed E-state index contributed by atoms with van der Waals surface area (Å²) in [5.41, 5.74) is 5.29. The largest absolute Gasteiger partial charge is 0.338 e. The van der Waals surface area contributed by atoms with Crippen LogP contribution in [0.25, 0.3) is 11.1 Å². The van der Waals surface area contributed by atoms with Crippen molar-refractivity contribution in [3.05, 3.63) is 88.5 Å². The summed E-state index contributed by atoms with van der Waals surface area (Å²) in [6.45, 7) is 3.85. The number of nitrogens with one attached hydrogen (secondary N) is 3. The van der Waals surface area contributed by atoms with Crippen molar-refractivity contribution < 1.29 is 18.4 Å². The second-order valence-corrected chi connectivity index (χ2v) is 9.27. The van der Waals surface area contributed by atoms with Crippen molar-refractivity contribution >= 4 is 17.5 Å². The van der Waals surface area contributed by atoms with Crippen LogP contribution in [0.4, 0.5) is 14.5 Å². The van der Waals surface area contributed by atoms with Gasteiger partial charge in [0.15, 0.2) is 0 Å². The van der Waals surface area contributed by atoms with Gasteiger partial charge in [-0.1, -0.05) is 12.1 Å². The Morgan fingerprint density at radius 2 is 1.89 bits per heavy atom. The quantitative estimate of drug-likeness (QED) is 0.367. The van der Waals surface area contributed by atoms with Crippen LogP contribution in [-0.4, -0.2) is 37.8 Å². The molecule has 37 heavy (non-hydrogen) atoms. The number of carbonyl (C=O) groups is 2. The Balaban J connectivity index is 1.43. The molecule has 0 spiro atoms. The molecule has 3 N–H and O–H groups in total. The third kappa shape index (κ3) is 4.62. The van der Waals surface area contributed by atoms with Crippen molar-refractivity contribution in [1.29, 1.82) is 0 Å². The summed E-state index contributed by atoms with van der Waals surface area (Å²) >= 11 is 0. The first-order chi connectivity index (χ1) is 17.7. The van der Waals surface area contributed by atoms with E-state index in [9.17, 15) is 18.4 Å². The molecular weight excluding hydrogens is 478 g/mol. The minimum Gasteiger partial charge on any atom is -0.338 e. The van der Waals surface area contributed by atoms with Crippen LogP contribution in [0.1, 0.15) is 45.3 Å². The molecule has 2 amide bonds. The van der Waals surface area contributed by atoms with Crippen LogP contribution >= 0.6 is 0 Å². The highest BCUT2D eigenvalue weighted by Gasteiger charge is 2.37. The summed E-state index contributed by atoms with van der Waals surface area (Å²) in [6, 6.07) is 9.83. The maximum absolute atomic E-state index is 14.4. The van der Waals surface area contributed by atoms with E-state index in [0.29, 0.717) is 29.7 Å². The number of aromatic amines is 1. The van der Waals surface area contributed by atoms with Crippen molar-refractivity contribution in [1.82, 2.24) is 25.3 Å². The first-order valence-electron chi connectivity index (χ1n) is 11.9. The minimum absolute atomic E-state index is 0.261. The average molecular weight is 505 g/mol. The summed E-state index contributed by atoms with van der Waals surface area (Å²) in [5, 5.41) is 16.8. The van der Waals surface area contributed by atoms with Gasteiger partial charge in [0.2, 0.25) is 5.91 Å². The fraction of sp³-hybridized carbons (Fsp3) is 0.259. The van der Waals surface area contributed by atoms with Gasteiger partial charge in [0.1, 0.15) is 23.4 Å². The highest BCUT2D eigenvalue weighted by Crippen LogP contribution is 2.38. The van der Waals surface area contributed by atoms with Gasteiger partial charge in [0, 0.05) is 42.2 Å². The number of nitrogens with zero attached hydrogens (tertiary/aromatic N) is 3. The monoisotopic (exact) mass is 504 g/mol. The summed E-state index contributed by atoms with van der Waals surface area (Å²) < 4.78 is 29.9. The predicted octanol–water partition coefficient (Wildman–Crippen LogP) is 4.17. The Labute approximate surface area is 212 Å². The normalized spacial score (nSPS) is 15.3. The van der Waals surface area contributed by atoms with Gasteiger partial charge in [-0.05, 0) is 67.6 Å². The molecule has 0 saturated heterocycles. The van der Waals surface area contributed by atoms with Gasteiger partial charge >= 0.3 is 0 Å². The lowest BCUT2D eigenvalue weighted by atomic mass is 9.91. The highest BCUT2D eigenvalue weighted by molar-refractivity contribution is 6.01. The number of benzene rings is 2. The molecule has 4 aromatic rings. The molecule has 1 aliphatic carbocycles. The number of hydrogen-bond donors (Lipinski definition) is 3. The number of aromatic nitrogens is 4. The second kappa shape index (κ2) is 9.61. The molecule has 0 aliphatic heterocycles. The SMILES string of the molecule is Cc1n[nH]c(C)c1-c1ccc(NC(=O)[C@@H](NC(=O)c2ccnn2C)[C@H]2CCc3c(F)cc(F)cc32)cc1. The Hall–Kier alpha value is -4.34. The molecule has 2 aromatic heterocycles. The van der Waals surface area contributed by atoms with Gasteiger partial charge in [-0.15, -0.1) is 0 Å². The topological polar surface area (TPSA) is 105 Å². The number of hydrogen-bond acceptors (Lipinski definition) is 4. The van der Waals surface area contributed by atoms with E-state index in [1.165, 1.54) is 23.0 Å². The average Bonchev–Trinajstić information content (AvgIpc) is 3.56. The predicted molar refractivity (Wildman–Crippen MR) is 134 cm³/mol. The Kier molecular flexibility index (Phi) is 6.32. The third-order valence-electron chi connectivity index (χ3n) is 6.89. The molecule has 1 aliphatic rings. The van der Waals surface area contributed by atoms with E-state index < -0.39 is 35.4 Å². The zero-order valence-electron chi connectivity index (χ0n) is 20.6. The zero-order chi connectivity index (χ0) is 26.3. The summed E-state index contributed by atoms with van der Waals surface area (Å²) in [5.74, 6) is -2.96. The standard InChI is InChI=1S/C27H26F2N6O2/c1-14-24(15(2)34-33-14)16-4-6-18(7-5-16)31-27(37)25(32-26(36)23-10-11-30-35(23)3)20-9-8-19-21(20)12-17(28)13-22(19)29/h4-7,10-13,20,25H,8-9H2,1-3H3,(H,31,37)(H,32,36)(H,33,34)/t20-,25-/m0/s1. The number of amides is 2. The number of fused-ring (bicyclic) bond motifs is 1. The van der Waals surface area contributed by atoms with Crippen LogP contribution < -0.4 is 10.6 Å². The fourth-order valence-electron chi connectivity index (χ4n) is 5.10. The van der Waals surface area contributed by atoms with Crippen LogP contribution in [0, 0.1) is 25.5 Å². The van der Waals surface area contributed by atoms with Gasteiger partial charge < -0.3 is 10.6 Å². The molecule has 0 radical (unpaired) electrons. The maximum Gasteiger partial charge on any atom is 0.270 e.